The van der Waals surface area contributed by atoms with Crippen LogP contribution in [0.4, 0.5) is 4.39 Å². The molecular formula is C33H51B2FN4O6. The topological polar surface area (TPSA) is 131 Å². The SMILES string of the molecule is [B]C(O)(C=O)C([B])(O)C(C(=O)NC)N(C)C(C)(C)C1C(C=O)CCCC1NCc1cc(CN2CC(C)(C)OC(C)(C)C2)ccc1F. The number of benzene rings is 1. The number of aliphatic hydroxyl groups is 2. The first-order valence-electron chi connectivity index (χ1n) is 15.9. The van der Waals surface area contributed by atoms with E-state index in [2.05, 4.69) is 43.2 Å². The molecule has 2 fully saturated rings. The zero-order valence-electron chi connectivity index (χ0n) is 28.6. The van der Waals surface area contributed by atoms with Gasteiger partial charge in [0.1, 0.15) is 40.1 Å². The van der Waals surface area contributed by atoms with Crippen LogP contribution in [0.1, 0.15) is 71.9 Å². The van der Waals surface area contributed by atoms with Crippen LogP contribution in [-0.2, 0) is 32.2 Å². The van der Waals surface area contributed by atoms with E-state index in [4.69, 9.17) is 20.4 Å². The predicted molar refractivity (Wildman–Crippen MR) is 176 cm³/mol. The van der Waals surface area contributed by atoms with Crippen molar-refractivity contribution in [2.24, 2.45) is 11.8 Å². The minimum Gasteiger partial charge on any atom is -0.395 e. The first-order valence-corrected chi connectivity index (χ1v) is 15.9. The van der Waals surface area contributed by atoms with Gasteiger partial charge in [0.05, 0.1) is 22.2 Å². The van der Waals surface area contributed by atoms with Gasteiger partial charge in [-0.15, -0.1) is 0 Å². The zero-order valence-corrected chi connectivity index (χ0v) is 28.6. The molecule has 1 aliphatic heterocycles. The van der Waals surface area contributed by atoms with Crippen molar-refractivity contribution in [1.29, 1.82) is 0 Å². The monoisotopic (exact) mass is 640 g/mol. The van der Waals surface area contributed by atoms with E-state index in [-0.39, 0.29) is 35.9 Å². The maximum atomic E-state index is 15.2. The van der Waals surface area contributed by atoms with E-state index in [1.54, 1.807) is 19.9 Å². The van der Waals surface area contributed by atoms with Gasteiger partial charge in [-0.3, -0.25) is 14.6 Å². The van der Waals surface area contributed by atoms with E-state index in [9.17, 15) is 24.6 Å². The van der Waals surface area contributed by atoms with E-state index in [0.717, 1.165) is 31.4 Å². The summed E-state index contributed by atoms with van der Waals surface area (Å²) in [6, 6.07) is 3.14. The Kier molecular flexibility index (Phi) is 11.8. The van der Waals surface area contributed by atoms with Crippen molar-refractivity contribution in [3.63, 3.8) is 0 Å². The summed E-state index contributed by atoms with van der Waals surface area (Å²) in [6.45, 7) is 14.2. The molecule has 4 N–H and O–H groups in total. The van der Waals surface area contributed by atoms with Crippen LogP contribution in [0.2, 0.25) is 0 Å². The van der Waals surface area contributed by atoms with Gasteiger partial charge in [0.15, 0.2) is 0 Å². The molecule has 0 bridgehead atoms. The number of hydrogen-bond donors (Lipinski definition) is 4. The number of morpholine rings is 1. The molecule has 6 unspecified atom stereocenters. The second-order valence-electron chi connectivity index (χ2n) is 15.0. The highest BCUT2D eigenvalue weighted by molar-refractivity contribution is 6.32. The van der Waals surface area contributed by atoms with Crippen molar-refractivity contribution < 1.29 is 33.7 Å². The van der Waals surface area contributed by atoms with Crippen LogP contribution in [0.15, 0.2) is 18.2 Å². The molecule has 46 heavy (non-hydrogen) atoms. The number of halogens is 1. The minimum absolute atomic E-state index is 0.119. The fourth-order valence-corrected chi connectivity index (χ4v) is 7.74. The maximum Gasteiger partial charge on any atom is 0.239 e. The Labute approximate surface area is 276 Å². The summed E-state index contributed by atoms with van der Waals surface area (Å²) in [5.41, 5.74) is -6.07. The maximum absolute atomic E-state index is 15.2. The second-order valence-corrected chi connectivity index (χ2v) is 15.0. The van der Waals surface area contributed by atoms with Crippen molar-refractivity contribution in [3.05, 3.63) is 35.1 Å². The molecule has 2 aliphatic rings. The Hall–Kier alpha value is -2.15. The molecule has 252 valence electrons. The summed E-state index contributed by atoms with van der Waals surface area (Å²) < 4.78 is 21.4. The van der Waals surface area contributed by atoms with Crippen LogP contribution in [0.3, 0.4) is 0 Å². The molecule has 1 amide bonds. The van der Waals surface area contributed by atoms with Crippen molar-refractivity contribution >= 4 is 34.2 Å². The average molecular weight is 640 g/mol. The Morgan fingerprint density at radius 3 is 2.33 bits per heavy atom. The minimum atomic E-state index is -2.96. The van der Waals surface area contributed by atoms with Crippen LogP contribution in [0, 0.1) is 17.7 Å². The second kappa shape index (κ2) is 14.1. The number of carbonyl (C=O) groups excluding carboxylic acids is 3. The number of ether oxygens (including phenoxy) is 1. The number of rotatable bonds is 13. The van der Waals surface area contributed by atoms with Gasteiger partial charge in [0.25, 0.3) is 0 Å². The third-order valence-electron chi connectivity index (χ3n) is 9.80. The van der Waals surface area contributed by atoms with E-state index in [1.807, 2.05) is 6.07 Å². The Balaban J connectivity index is 1.89. The number of amides is 1. The summed E-state index contributed by atoms with van der Waals surface area (Å²) in [5, 5.41) is 27.5. The number of nitrogens with zero attached hydrogens (tertiary/aromatic N) is 2. The van der Waals surface area contributed by atoms with Gasteiger partial charge >= 0.3 is 0 Å². The number of carbonyl (C=O) groups is 3. The van der Waals surface area contributed by atoms with Crippen LogP contribution in [0.5, 0.6) is 0 Å². The Morgan fingerprint density at radius 2 is 1.78 bits per heavy atom. The van der Waals surface area contributed by atoms with Crippen LogP contribution < -0.4 is 10.6 Å². The van der Waals surface area contributed by atoms with Crippen molar-refractivity contribution in [1.82, 2.24) is 20.4 Å². The van der Waals surface area contributed by atoms with Gasteiger partial charge < -0.3 is 35.2 Å². The highest BCUT2D eigenvalue weighted by atomic mass is 19.1. The number of hydrogen-bond acceptors (Lipinski definition) is 9. The Bertz CT molecular complexity index is 1240. The van der Waals surface area contributed by atoms with Crippen LogP contribution in [-0.4, -0.2) is 121 Å². The van der Waals surface area contributed by atoms with E-state index >= 15 is 4.39 Å². The fourth-order valence-electron chi connectivity index (χ4n) is 7.74. The van der Waals surface area contributed by atoms with Gasteiger partial charge in [-0.1, -0.05) is 18.6 Å². The number of likely N-dealkylation sites (N-methyl/N-ethyl adjacent to an activating group) is 2. The lowest BCUT2D eigenvalue weighted by molar-refractivity contribution is -0.182. The molecule has 0 aromatic heterocycles. The molecule has 10 nitrogen and oxygen atoms in total. The molecule has 3 rings (SSSR count). The molecule has 1 saturated heterocycles. The van der Waals surface area contributed by atoms with Gasteiger partial charge in [-0.25, -0.2) is 4.39 Å². The van der Waals surface area contributed by atoms with E-state index < -0.39 is 40.3 Å². The summed E-state index contributed by atoms with van der Waals surface area (Å²) in [4.78, 5) is 40.9. The zero-order chi connectivity index (χ0) is 34.9. The summed E-state index contributed by atoms with van der Waals surface area (Å²) in [7, 11) is 14.5. The standard InChI is InChI=1S/C33H51B2FN4O6/c1-29(2)18-40(19-30(3,4)46-29)16-21-12-13-24(36)23(14-21)15-38-25-11-9-10-22(17-41)26(25)31(5,6)39(8)27(28(43)37-7)33(35,45)32(34,44)20-42/h12-14,17,20,22,25-27,38,44-45H,9-11,15-16,18-19H2,1-8H3,(H,37,43). The smallest absolute Gasteiger partial charge is 0.239 e. The van der Waals surface area contributed by atoms with Gasteiger partial charge in [0, 0.05) is 62.2 Å². The average Bonchev–Trinajstić information content (AvgIpc) is 2.95. The molecule has 13 heteroatoms. The normalized spacial score (nSPS) is 26.8. The lowest BCUT2D eigenvalue weighted by atomic mass is 9.55. The first-order chi connectivity index (χ1) is 21.1. The van der Waals surface area contributed by atoms with Gasteiger partial charge in [0.2, 0.25) is 5.91 Å². The van der Waals surface area contributed by atoms with E-state index in [0.29, 0.717) is 24.9 Å². The molecule has 1 heterocycles. The molecule has 1 saturated carbocycles. The van der Waals surface area contributed by atoms with Gasteiger partial charge in [-0.2, -0.15) is 0 Å². The van der Waals surface area contributed by atoms with Crippen molar-refractivity contribution in [2.75, 3.05) is 27.2 Å². The van der Waals surface area contributed by atoms with Crippen molar-refractivity contribution in [2.45, 2.75) is 114 Å². The number of nitrogens with one attached hydrogen (secondary N) is 2. The van der Waals surface area contributed by atoms with Crippen LogP contribution in [0.25, 0.3) is 0 Å². The van der Waals surface area contributed by atoms with Crippen LogP contribution >= 0.6 is 0 Å². The quantitative estimate of drug-likeness (QED) is 0.185. The third kappa shape index (κ3) is 8.28. The van der Waals surface area contributed by atoms with E-state index in [1.165, 1.54) is 25.1 Å². The molecule has 6 atom stereocenters. The summed E-state index contributed by atoms with van der Waals surface area (Å²) in [6.07, 6.45) is 2.77. The lowest BCUT2D eigenvalue weighted by Crippen LogP contribution is -2.74. The molecular weight excluding hydrogens is 589 g/mol. The highest BCUT2D eigenvalue weighted by Gasteiger charge is 2.56. The summed E-state index contributed by atoms with van der Waals surface area (Å²) >= 11 is 0. The molecule has 0 spiro atoms. The third-order valence-corrected chi connectivity index (χ3v) is 9.80. The number of aldehydes is 2. The molecule has 1 aromatic carbocycles. The van der Waals surface area contributed by atoms with Gasteiger partial charge in [-0.05, 0) is 73.1 Å². The fraction of sp³-hybridized carbons (Fsp3) is 0.727. The molecule has 1 aromatic rings. The highest BCUT2D eigenvalue weighted by Crippen LogP contribution is 2.42. The Morgan fingerprint density at radius 1 is 1.17 bits per heavy atom. The predicted octanol–water partition coefficient (Wildman–Crippen LogP) is 1.03. The molecule has 4 radical (unpaired) electrons. The van der Waals surface area contributed by atoms with Crippen molar-refractivity contribution in [3.8, 4) is 0 Å². The summed E-state index contributed by atoms with van der Waals surface area (Å²) in [5.74, 6) is -2.04. The lowest BCUT2D eigenvalue weighted by Gasteiger charge is -2.55. The first kappa shape index (κ1) is 38.3. The molecule has 1 aliphatic carbocycles. The largest absolute Gasteiger partial charge is 0.395 e.